The standard InChI is InChI=1S/C18H26N2O4S/c1-13(2)17(21)18(22)19-10-7-14-5-6-16(11-15(14)12-19)25(23,24)20-8-3-4-9-20/h5-6,11,13,17,21H,3-4,7-10,12H2,1-2H3/t17-/m0/s1. The summed E-state index contributed by atoms with van der Waals surface area (Å²) in [5, 5.41) is 10.0. The zero-order chi connectivity index (χ0) is 18.2. The van der Waals surface area contributed by atoms with E-state index in [1.807, 2.05) is 6.07 Å². The van der Waals surface area contributed by atoms with Crippen molar-refractivity contribution < 1.29 is 18.3 Å². The van der Waals surface area contributed by atoms with Crippen LogP contribution in [0.3, 0.4) is 0 Å². The highest BCUT2D eigenvalue weighted by molar-refractivity contribution is 7.89. The number of fused-ring (bicyclic) bond motifs is 1. The lowest BCUT2D eigenvalue weighted by molar-refractivity contribution is -0.143. The van der Waals surface area contributed by atoms with Crippen molar-refractivity contribution in [3.63, 3.8) is 0 Å². The van der Waals surface area contributed by atoms with Gasteiger partial charge >= 0.3 is 0 Å². The quantitative estimate of drug-likeness (QED) is 0.873. The van der Waals surface area contributed by atoms with Crippen molar-refractivity contribution in [1.82, 2.24) is 9.21 Å². The lowest BCUT2D eigenvalue weighted by atomic mass is 9.98. The molecule has 1 saturated heterocycles. The van der Waals surface area contributed by atoms with Crippen LogP contribution in [0.15, 0.2) is 23.1 Å². The molecule has 0 bridgehead atoms. The Kier molecular flexibility index (Phi) is 5.18. The van der Waals surface area contributed by atoms with E-state index in [1.165, 1.54) is 4.31 Å². The molecule has 0 aromatic heterocycles. The van der Waals surface area contributed by atoms with Crippen LogP contribution in [0.25, 0.3) is 0 Å². The maximum absolute atomic E-state index is 12.7. The summed E-state index contributed by atoms with van der Waals surface area (Å²) in [6, 6.07) is 5.23. The number of hydrogen-bond acceptors (Lipinski definition) is 4. The maximum Gasteiger partial charge on any atom is 0.251 e. The van der Waals surface area contributed by atoms with Gasteiger partial charge in [0, 0.05) is 26.2 Å². The predicted molar refractivity (Wildman–Crippen MR) is 94.4 cm³/mol. The molecule has 1 aromatic rings. The molecule has 1 atom stereocenters. The fourth-order valence-corrected chi connectivity index (χ4v) is 5.00. The Balaban J connectivity index is 1.83. The molecule has 2 heterocycles. The van der Waals surface area contributed by atoms with E-state index in [0.29, 0.717) is 37.5 Å². The third-order valence-electron chi connectivity index (χ3n) is 5.09. The Bertz CT molecular complexity index is 754. The summed E-state index contributed by atoms with van der Waals surface area (Å²) in [6.07, 6.45) is 1.47. The minimum Gasteiger partial charge on any atom is -0.383 e. The van der Waals surface area contributed by atoms with Crippen LogP contribution in [-0.4, -0.2) is 54.4 Å². The first-order valence-electron chi connectivity index (χ1n) is 8.89. The molecule has 6 nitrogen and oxygen atoms in total. The normalized spacial score (nSPS) is 19.9. The number of aliphatic hydroxyl groups is 1. The van der Waals surface area contributed by atoms with Crippen molar-refractivity contribution >= 4 is 15.9 Å². The lowest BCUT2D eigenvalue weighted by Gasteiger charge is -2.31. The van der Waals surface area contributed by atoms with Gasteiger partial charge < -0.3 is 10.0 Å². The molecule has 1 aromatic carbocycles. The summed E-state index contributed by atoms with van der Waals surface area (Å²) in [4.78, 5) is 14.3. The molecule has 2 aliphatic rings. The summed E-state index contributed by atoms with van der Waals surface area (Å²) in [5.74, 6) is -0.427. The van der Waals surface area contributed by atoms with E-state index in [2.05, 4.69) is 0 Å². The van der Waals surface area contributed by atoms with Crippen LogP contribution < -0.4 is 0 Å². The van der Waals surface area contributed by atoms with Crippen LogP contribution in [0, 0.1) is 5.92 Å². The smallest absolute Gasteiger partial charge is 0.251 e. The van der Waals surface area contributed by atoms with Gasteiger partial charge in [0.2, 0.25) is 10.0 Å². The van der Waals surface area contributed by atoms with Gasteiger partial charge in [0.05, 0.1) is 4.90 Å². The van der Waals surface area contributed by atoms with E-state index < -0.39 is 16.1 Å². The van der Waals surface area contributed by atoms with Crippen molar-refractivity contribution in [3.05, 3.63) is 29.3 Å². The van der Waals surface area contributed by atoms with Gasteiger partial charge in [0.15, 0.2) is 0 Å². The van der Waals surface area contributed by atoms with Crippen LogP contribution >= 0.6 is 0 Å². The van der Waals surface area contributed by atoms with Gasteiger partial charge in [0.1, 0.15) is 6.10 Å². The van der Waals surface area contributed by atoms with Gasteiger partial charge in [-0.15, -0.1) is 0 Å². The van der Waals surface area contributed by atoms with Gasteiger partial charge in [-0.05, 0) is 48.4 Å². The van der Waals surface area contributed by atoms with Crippen molar-refractivity contribution in [2.75, 3.05) is 19.6 Å². The van der Waals surface area contributed by atoms with E-state index in [1.54, 1.807) is 30.9 Å². The van der Waals surface area contributed by atoms with E-state index in [0.717, 1.165) is 24.0 Å². The number of sulfonamides is 1. The molecule has 0 unspecified atom stereocenters. The van der Waals surface area contributed by atoms with Gasteiger partial charge in [0.25, 0.3) is 5.91 Å². The SMILES string of the molecule is CC(C)[C@H](O)C(=O)N1CCc2ccc(S(=O)(=O)N3CCCC3)cc2C1. The summed E-state index contributed by atoms with van der Waals surface area (Å²) in [5.41, 5.74) is 1.93. The summed E-state index contributed by atoms with van der Waals surface area (Å²) in [6.45, 7) is 5.66. The number of hydrogen-bond donors (Lipinski definition) is 1. The molecular weight excluding hydrogens is 340 g/mol. The monoisotopic (exact) mass is 366 g/mol. The lowest BCUT2D eigenvalue weighted by Crippen LogP contribution is -2.44. The highest BCUT2D eigenvalue weighted by Crippen LogP contribution is 2.26. The Labute approximate surface area is 149 Å². The fraction of sp³-hybridized carbons (Fsp3) is 0.611. The number of benzene rings is 1. The second-order valence-corrected chi connectivity index (χ2v) is 9.18. The number of aliphatic hydroxyl groups excluding tert-OH is 1. The first-order valence-corrected chi connectivity index (χ1v) is 10.3. The average molecular weight is 366 g/mol. The van der Waals surface area contributed by atoms with Crippen LogP contribution in [0.5, 0.6) is 0 Å². The van der Waals surface area contributed by atoms with Crippen LogP contribution in [0.2, 0.25) is 0 Å². The molecule has 7 heteroatoms. The van der Waals surface area contributed by atoms with Crippen molar-refractivity contribution in [2.24, 2.45) is 5.92 Å². The zero-order valence-corrected chi connectivity index (χ0v) is 15.6. The number of carbonyl (C=O) groups is 1. The molecule has 0 saturated carbocycles. The molecule has 0 radical (unpaired) electrons. The molecule has 3 rings (SSSR count). The summed E-state index contributed by atoms with van der Waals surface area (Å²) in [7, 11) is -3.46. The molecule has 138 valence electrons. The molecular formula is C18H26N2O4S. The van der Waals surface area contributed by atoms with Crippen LogP contribution in [-0.2, 0) is 27.8 Å². The van der Waals surface area contributed by atoms with Gasteiger partial charge in [-0.1, -0.05) is 19.9 Å². The largest absolute Gasteiger partial charge is 0.383 e. The van der Waals surface area contributed by atoms with Gasteiger partial charge in [-0.25, -0.2) is 8.42 Å². The Morgan fingerprint density at radius 1 is 1.12 bits per heavy atom. The Hall–Kier alpha value is -1.44. The highest BCUT2D eigenvalue weighted by atomic mass is 32.2. The van der Waals surface area contributed by atoms with Crippen molar-refractivity contribution in [1.29, 1.82) is 0 Å². The van der Waals surface area contributed by atoms with Crippen LogP contribution in [0.1, 0.15) is 37.8 Å². The Morgan fingerprint density at radius 2 is 1.80 bits per heavy atom. The second-order valence-electron chi connectivity index (χ2n) is 7.24. The van der Waals surface area contributed by atoms with Gasteiger partial charge in [-0.2, -0.15) is 4.31 Å². The maximum atomic E-state index is 12.7. The second kappa shape index (κ2) is 7.05. The molecule has 1 fully saturated rings. The minimum absolute atomic E-state index is 0.143. The molecule has 1 amide bonds. The first kappa shape index (κ1) is 18.4. The third-order valence-corrected chi connectivity index (χ3v) is 6.98. The molecule has 0 spiro atoms. The topological polar surface area (TPSA) is 77.9 Å². The molecule has 1 N–H and O–H groups in total. The number of amides is 1. The molecule has 2 aliphatic heterocycles. The minimum atomic E-state index is -3.46. The van der Waals surface area contributed by atoms with E-state index in [9.17, 15) is 18.3 Å². The van der Waals surface area contributed by atoms with Gasteiger partial charge in [-0.3, -0.25) is 4.79 Å². The summed E-state index contributed by atoms with van der Waals surface area (Å²) < 4.78 is 27.0. The fourth-order valence-electron chi connectivity index (χ4n) is 3.43. The summed E-state index contributed by atoms with van der Waals surface area (Å²) >= 11 is 0. The van der Waals surface area contributed by atoms with E-state index in [-0.39, 0.29) is 11.8 Å². The van der Waals surface area contributed by atoms with Crippen molar-refractivity contribution in [3.8, 4) is 0 Å². The van der Waals surface area contributed by atoms with E-state index in [4.69, 9.17) is 0 Å². The van der Waals surface area contributed by atoms with E-state index >= 15 is 0 Å². The predicted octanol–water partition coefficient (Wildman–Crippen LogP) is 1.37. The third kappa shape index (κ3) is 3.59. The number of nitrogens with zero attached hydrogens (tertiary/aromatic N) is 2. The van der Waals surface area contributed by atoms with Crippen LogP contribution in [0.4, 0.5) is 0 Å². The number of carbonyl (C=O) groups excluding carboxylic acids is 1. The zero-order valence-electron chi connectivity index (χ0n) is 14.8. The highest BCUT2D eigenvalue weighted by Gasteiger charge is 2.30. The molecule has 25 heavy (non-hydrogen) atoms. The molecule has 0 aliphatic carbocycles. The van der Waals surface area contributed by atoms with Crippen molar-refractivity contribution in [2.45, 2.75) is 50.7 Å². The number of rotatable bonds is 4. The average Bonchev–Trinajstić information content (AvgIpc) is 3.14. The Morgan fingerprint density at radius 3 is 2.44 bits per heavy atom. The first-order chi connectivity index (χ1) is 11.8.